The van der Waals surface area contributed by atoms with Crippen molar-refractivity contribution >= 4 is 33.6 Å². The van der Waals surface area contributed by atoms with Crippen molar-refractivity contribution in [1.29, 1.82) is 0 Å². The fourth-order valence-electron chi connectivity index (χ4n) is 2.33. The quantitative estimate of drug-likeness (QED) is 0.441. The van der Waals surface area contributed by atoms with Gasteiger partial charge in [0, 0.05) is 5.69 Å². The highest BCUT2D eigenvalue weighted by molar-refractivity contribution is 5.86. The van der Waals surface area contributed by atoms with Crippen molar-refractivity contribution in [3.05, 3.63) is 60.7 Å². The molecule has 0 aliphatic heterocycles. The lowest BCUT2D eigenvalue weighted by Gasteiger charge is -2.06. The Balaban J connectivity index is 1.57. The Morgan fingerprint density at radius 1 is 0.955 bits per heavy atom. The van der Waals surface area contributed by atoms with Crippen molar-refractivity contribution in [3.63, 3.8) is 0 Å². The van der Waals surface area contributed by atoms with E-state index in [9.17, 15) is 0 Å². The summed E-state index contributed by atoms with van der Waals surface area (Å²) in [6.45, 7) is 0. The maximum atomic E-state index is 5.80. The van der Waals surface area contributed by atoms with Crippen LogP contribution >= 0.6 is 0 Å². The summed E-state index contributed by atoms with van der Waals surface area (Å²) in [7, 11) is 0. The monoisotopic (exact) mass is 291 g/mol. The lowest BCUT2D eigenvalue weighted by molar-refractivity contribution is 0.379. The molecule has 1 aromatic heterocycles. The van der Waals surface area contributed by atoms with Crippen LogP contribution in [0.2, 0.25) is 0 Å². The largest absolute Gasteiger partial charge is 0.422 e. The van der Waals surface area contributed by atoms with Gasteiger partial charge in [0.25, 0.3) is 0 Å². The third-order valence-corrected chi connectivity index (χ3v) is 3.39. The number of oxazole rings is 1. The van der Waals surface area contributed by atoms with Crippen LogP contribution in [0.4, 0.5) is 11.7 Å². The van der Waals surface area contributed by atoms with Gasteiger partial charge >= 0.3 is 6.01 Å². The number of para-hydroxylation sites is 2. The van der Waals surface area contributed by atoms with Gasteiger partial charge in [0.2, 0.25) is 0 Å². The predicted molar refractivity (Wildman–Crippen MR) is 86.6 cm³/mol. The second-order valence-corrected chi connectivity index (χ2v) is 4.96. The van der Waals surface area contributed by atoms with Crippen molar-refractivity contribution in [2.75, 3.05) is 11.2 Å². The number of benzene rings is 3. The van der Waals surface area contributed by atoms with Crippen LogP contribution in [0.3, 0.4) is 0 Å². The number of hydrogen-bond acceptors (Lipinski definition) is 5. The second kappa shape index (κ2) is 4.96. The van der Waals surface area contributed by atoms with Gasteiger partial charge in [0.1, 0.15) is 5.52 Å². The Labute approximate surface area is 126 Å². The van der Waals surface area contributed by atoms with Crippen LogP contribution in [-0.2, 0) is 0 Å². The molecular formula is C17H13N3O2. The molecule has 3 N–H and O–H groups in total. The molecular weight excluding hydrogens is 278 g/mol. The third kappa shape index (κ3) is 2.29. The zero-order valence-electron chi connectivity index (χ0n) is 11.6. The van der Waals surface area contributed by atoms with Gasteiger partial charge in [-0.3, -0.25) is 0 Å². The number of fused-ring (bicyclic) bond motifs is 2. The number of anilines is 2. The molecule has 0 bridgehead atoms. The average molecular weight is 291 g/mol. The highest BCUT2D eigenvalue weighted by Gasteiger charge is 2.05. The third-order valence-electron chi connectivity index (χ3n) is 3.39. The maximum absolute atomic E-state index is 5.80. The minimum Gasteiger partial charge on any atom is -0.422 e. The van der Waals surface area contributed by atoms with Gasteiger partial charge in [-0.05, 0) is 47.2 Å². The molecule has 0 saturated heterocycles. The second-order valence-electron chi connectivity index (χ2n) is 4.96. The van der Waals surface area contributed by atoms with E-state index in [1.54, 1.807) is 0 Å². The Bertz CT molecular complexity index is 929. The first-order valence-corrected chi connectivity index (χ1v) is 6.86. The zero-order valence-corrected chi connectivity index (χ0v) is 11.6. The first-order valence-electron chi connectivity index (χ1n) is 6.86. The molecule has 1 heterocycles. The van der Waals surface area contributed by atoms with E-state index in [1.165, 1.54) is 0 Å². The first-order chi connectivity index (χ1) is 10.8. The summed E-state index contributed by atoms with van der Waals surface area (Å²) in [6.07, 6.45) is 0. The normalized spacial score (nSPS) is 10.9. The molecule has 0 aliphatic rings. The van der Waals surface area contributed by atoms with Crippen molar-refractivity contribution in [1.82, 2.24) is 4.98 Å². The molecule has 0 aliphatic carbocycles. The zero-order chi connectivity index (χ0) is 14.9. The SMILES string of the molecule is Nc1ccc2ccc(ONc3nc4ccccc4o3)cc2c1. The maximum Gasteiger partial charge on any atom is 0.329 e. The summed E-state index contributed by atoms with van der Waals surface area (Å²) in [4.78, 5) is 9.80. The van der Waals surface area contributed by atoms with Crippen LogP contribution in [-0.4, -0.2) is 4.98 Å². The number of nitrogens with zero attached hydrogens (tertiary/aromatic N) is 1. The van der Waals surface area contributed by atoms with Gasteiger partial charge in [0.05, 0.1) is 0 Å². The first kappa shape index (κ1) is 12.5. The molecule has 4 rings (SSSR count). The van der Waals surface area contributed by atoms with E-state index in [-0.39, 0.29) is 0 Å². The molecule has 5 heteroatoms. The van der Waals surface area contributed by atoms with Gasteiger partial charge in [-0.15, -0.1) is 0 Å². The molecule has 108 valence electrons. The molecule has 0 amide bonds. The highest BCUT2D eigenvalue weighted by atomic mass is 16.7. The van der Waals surface area contributed by atoms with E-state index >= 15 is 0 Å². The number of nitrogens with two attached hydrogens (primary N) is 1. The molecule has 0 saturated carbocycles. The van der Waals surface area contributed by atoms with Gasteiger partial charge < -0.3 is 15.0 Å². The van der Waals surface area contributed by atoms with E-state index in [2.05, 4.69) is 10.5 Å². The smallest absolute Gasteiger partial charge is 0.329 e. The van der Waals surface area contributed by atoms with Crippen molar-refractivity contribution < 1.29 is 9.25 Å². The molecule has 0 unspecified atom stereocenters. The van der Waals surface area contributed by atoms with E-state index in [1.807, 2.05) is 60.7 Å². The number of rotatable bonds is 3. The lowest BCUT2D eigenvalue weighted by atomic mass is 10.1. The summed E-state index contributed by atoms with van der Waals surface area (Å²) < 4.78 is 5.53. The molecule has 3 aromatic carbocycles. The fraction of sp³-hybridized carbons (Fsp3) is 0. The van der Waals surface area contributed by atoms with Crippen molar-refractivity contribution in [2.45, 2.75) is 0 Å². The molecule has 5 nitrogen and oxygen atoms in total. The summed E-state index contributed by atoms with van der Waals surface area (Å²) in [6, 6.07) is 19.3. The van der Waals surface area contributed by atoms with Gasteiger partial charge in [-0.1, -0.05) is 24.3 Å². The van der Waals surface area contributed by atoms with Crippen LogP contribution in [0.1, 0.15) is 0 Å². The Kier molecular flexibility index (Phi) is 2.83. The molecule has 0 spiro atoms. The fourth-order valence-corrected chi connectivity index (χ4v) is 2.33. The van der Waals surface area contributed by atoms with Gasteiger partial charge in [-0.25, -0.2) is 0 Å². The summed E-state index contributed by atoms with van der Waals surface area (Å²) >= 11 is 0. The van der Waals surface area contributed by atoms with Crippen LogP contribution < -0.4 is 16.1 Å². The van der Waals surface area contributed by atoms with Crippen LogP contribution in [0, 0.1) is 0 Å². The lowest BCUT2D eigenvalue weighted by Crippen LogP contribution is -2.04. The van der Waals surface area contributed by atoms with Crippen molar-refractivity contribution in [2.24, 2.45) is 0 Å². The Morgan fingerprint density at radius 3 is 2.73 bits per heavy atom. The molecule has 0 atom stereocenters. The number of nitrogen functional groups attached to an aromatic ring is 1. The standard InChI is InChI=1S/C17H13N3O2/c18-13-7-5-11-6-8-14(10-12(11)9-13)22-20-17-19-15-3-1-2-4-16(15)21-17/h1-10H,18H2,(H,19,20). The molecule has 4 aromatic rings. The van der Waals surface area contributed by atoms with Crippen LogP contribution in [0.15, 0.2) is 65.1 Å². The minimum absolute atomic E-state index is 0.314. The highest BCUT2D eigenvalue weighted by Crippen LogP contribution is 2.24. The van der Waals surface area contributed by atoms with Crippen LogP contribution in [0.5, 0.6) is 5.75 Å². The van der Waals surface area contributed by atoms with Crippen molar-refractivity contribution in [3.8, 4) is 5.75 Å². The topological polar surface area (TPSA) is 73.3 Å². The van der Waals surface area contributed by atoms with Crippen LogP contribution in [0.25, 0.3) is 21.9 Å². The van der Waals surface area contributed by atoms with Gasteiger partial charge in [0.15, 0.2) is 11.3 Å². The molecule has 0 radical (unpaired) electrons. The Hall–Kier alpha value is -3.21. The number of hydrogen-bond donors (Lipinski definition) is 2. The van der Waals surface area contributed by atoms with E-state index in [0.717, 1.165) is 22.0 Å². The van der Waals surface area contributed by atoms with Gasteiger partial charge in [-0.2, -0.15) is 10.5 Å². The molecule has 0 fully saturated rings. The van der Waals surface area contributed by atoms with E-state index in [4.69, 9.17) is 15.0 Å². The summed E-state index contributed by atoms with van der Waals surface area (Å²) in [5, 5.41) is 2.11. The number of aromatic nitrogens is 1. The summed E-state index contributed by atoms with van der Waals surface area (Å²) in [5.74, 6) is 0.653. The predicted octanol–water partition coefficient (Wildman–Crippen LogP) is 3.97. The number of nitrogens with one attached hydrogen (secondary N) is 1. The van der Waals surface area contributed by atoms with E-state index < -0.39 is 0 Å². The van der Waals surface area contributed by atoms with E-state index in [0.29, 0.717) is 17.3 Å². The average Bonchev–Trinajstić information content (AvgIpc) is 2.95. The minimum atomic E-state index is 0.314. The summed E-state index contributed by atoms with van der Waals surface area (Å²) in [5.41, 5.74) is 10.7. The molecule has 22 heavy (non-hydrogen) atoms. The Morgan fingerprint density at radius 2 is 1.82 bits per heavy atom.